The first-order valence-corrected chi connectivity index (χ1v) is 4.40. The van der Waals surface area contributed by atoms with Crippen LogP contribution in [0.3, 0.4) is 0 Å². The van der Waals surface area contributed by atoms with Crippen LogP contribution >= 0.6 is 11.8 Å². The molecule has 0 saturated heterocycles. The van der Waals surface area contributed by atoms with Crippen molar-refractivity contribution in [2.45, 2.75) is 19.9 Å². The van der Waals surface area contributed by atoms with Gasteiger partial charge >= 0.3 is 0 Å². The molecule has 1 atom stereocenters. The fraction of sp³-hybridized carbons (Fsp3) is 0.571. The van der Waals surface area contributed by atoms with Crippen molar-refractivity contribution in [2.75, 3.05) is 5.75 Å². The number of hydrogen-bond donors (Lipinski definition) is 1. The molecule has 0 fully saturated rings. The molecule has 0 bridgehead atoms. The maximum absolute atomic E-state index is 10.8. The van der Waals surface area contributed by atoms with Crippen LogP contribution in [0.2, 0.25) is 0 Å². The first-order chi connectivity index (χ1) is 5.57. The van der Waals surface area contributed by atoms with Crippen LogP contribution in [-0.4, -0.2) is 29.1 Å². The van der Waals surface area contributed by atoms with Crippen molar-refractivity contribution in [3.63, 3.8) is 0 Å². The maximum Gasteiger partial charge on any atom is 0.207 e. The van der Waals surface area contributed by atoms with Crippen LogP contribution < -0.4 is 5.32 Å². The molecular weight excluding hydrogens is 178 g/mol. The number of amides is 1. The Morgan fingerprint density at radius 3 is 2.42 bits per heavy atom. The normalized spacial score (nSPS) is 11.8. The van der Waals surface area contributed by atoms with Gasteiger partial charge in [-0.25, -0.2) is 0 Å². The monoisotopic (exact) mass is 189 g/mol. The summed E-state index contributed by atoms with van der Waals surface area (Å²) in [5, 5.41) is 2.27. The largest absolute Gasteiger partial charge is 0.348 e. The number of Topliss-reactive ketones (excluding diaryl/α,β-unsaturated/α-hetero) is 1. The molecule has 5 heteroatoms. The van der Waals surface area contributed by atoms with E-state index in [1.165, 1.54) is 13.8 Å². The van der Waals surface area contributed by atoms with Crippen LogP contribution in [0, 0.1) is 0 Å². The zero-order valence-corrected chi connectivity index (χ0v) is 7.81. The summed E-state index contributed by atoms with van der Waals surface area (Å²) < 4.78 is 0. The Bertz CT molecular complexity index is 193. The van der Waals surface area contributed by atoms with Crippen LogP contribution in [0.25, 0.3) is 0 Å². The van der Waals surface area contributed by atoms with E-state index < -0.39 is 6.04 Å². The van der Waals surface area contributed by atoms with Crippen molar-refractivity contribution in [3.8, 4) is 0 Å². The van der Waals surface area contributed by atoms with Gasteiger partial charge in [0.25, 0.3) is 0 Å². The third kappa shape index (κ3) is 4.90. The smallest absolute Gasteiger partial charge is 0.207 e. The fourth-order valence-corrected chi connectivity index (χ4v) is 1.30. The Morgan fingerprint density at radius 2 is 2.08 bits per heavy atom. The lowest BCUT2D eigenvalue weighted by atomic mass is 10.2. The number of ketones is 1. The Hall–Kier alpha value is -0.840. The van der Waals surface area contributed by atoms with Gasteiger partial charge in [-0.2, -0.15) is 0 Å². The number of thioether (sulfide) groups is 1. The molecule has 1 unspecified atom stereocenters. The molecule has 4 nitrogen and oxygen atoms in total. The lowest BCUT2D eigenvalue weighted by molar-refractivity contribution is -0.121. The van der Waals surface area contributed by atoms with E-state index in [2.05, 4.69) is 5.32 Å². The highest BCUT2D eigenvalue weighted by atomic mass is 32.2. The topological polar surface area (TPSA) is 63.2 Å². The van der Waals surface area contributed by atoms with Gasteiger partial charge in [-0.1, -0.05) is 11.8 Å². The quantitative estimate of drug-likeness (QED) is 0.617. The third-order valence-electron chi connectivity index (χ3n) is 1.21. The average Bonchev–Trinajstić information content (AvgIpc) is 1.96. The molecule has 0 heterocycles. The summed E-state index contributed by atoms with van der Waals surface area (Å²) in [7, 11) is 0. The Labute approximate surface area is 75.1 Å². The van der Waals surface area contributed by atoms with Gasteiger partial charge < -0.3 is 5.32 Å². The van der Waals surface area contributed by atoms with Crippen molar-refractivity contribution in [1.29, 1.82) is 0 Å². The van der Waals surface area contributed by atoms with E-state index in [1.807, 2.05) is 0 Å². The molecule has 1 N–H and O–H groups in total. The molecule has 0 aromatic rings. The number of nitrogens with one attached hydrogen (secondary N) is 1. The molecule has 0 aliphatic carbocycles. The number of carbonyl (C=O) groups is 3. The highest BCUT2D eigenvalue weighted by Gasteiger charge is 2.13. The molecule has 1 amide bonds. The second-order valence-electron chi connectivity index (χ2n) is 2.25. The minimum atomic E-state index is -0.545. The number of carbonyl (C=O) groups excluding carboxylic acids is 3. The van der Waals surface area contributed by atoms with E-state index in [1.54, 1.807) is 0 Å². The lowest BCUT2D eigenvalue weighted by Crippen LogP contribution is -2.36. The third-order valence-corrected chi connectivity index (χ3v) is 2.12. The predicted molar refractivity (Wildman–Crippen MR) is 46.8 cm³/mol. The summed E-state index contributed by atoms with van der Waals surface area (Å²) in [6.07, 6.45) is 0.465. The van der Waals surface area contributed by atoms with Gasteiger partial charge in [0.1, 0.15) is 0 Å². The Balaban J connectivity index is 3.86. The summed E-state index contributed by atoms with van der Waals surface area (Å²) in [6.45, 7) is 2.80. The molecule has 0 aromatic carbocycles. The first-order valence-electron chi connectivity index (χ1n) is 3.41. The Kier molecular flexibility index (Phi) is 5.36. The lowest BCUT2D eigenvalue weighted by Gasteiger charge is -2.09. The van der Waals surface area contributed by atoms with Crippen molar-refractivity contribution in [3.05, 3.63) is 0 Å². The number of rotatable bonds is 5. The SMILES string of the molecule is CC(=O)SCC(NC=O)C(C)=O. The van der Waals surface area contributed by atoms with Crippen molar-refractivity contribution >= 4 is 29.1 Å². The van der Waals surface area contributed by atoms with Crippen LogP contribution in [0.1, 0.15) is 13.8 Å². The summed E-state index contributed by atoms with van der Waals surface area (Å²) >= 11 is 1.03. The van der Waals surface area contributed by atoms with Gasteiger partial charge in [0.2, 0.25) is 6.41 Å². The minimum absolute atomic E-state index is 0.0612. The van der Waals surface area contributed by atoms with Gasteiger partial charge in [-0.3, -0.25) is 14.4 Å². The summed E-state index contributed by atoms with van der Waals surface area (Å²) in [5.74, 6) is 0.166. The first kappa shape index (κ1) is 11.2. The van der Waals surface area contributed by atoms with Gasteiger partial charge in [-0.05, 0) is 6.92 Å². The van der Waals surface area contributed by atoms with E-state index in [-0.39, 0.29) is 10.9 Å². The number of hydrogen-bond acceptors (Lipinski definition) is 4. The molecule has 12 heavy (non-hydrogen) atoms. The molecule has 68 valence electrons. The molecule has 0 radical (unpaired) electrons. The fourth-order valence-electron chi connectivity index (χ4n) is 0.566. The van der Waals surface area contributed by atoms with E-state index in [0.717, 1.165) is 11.8 Å². The van der Waals surface area contributed by atoms with Gasteiger partial charge in [0.05, 0.1) is 6.04 Å². The molecule has 0 aliphatic heterocycles. The Morgan fingerprint density at radius 1 is 1.50 bits per heavy atom. The van der Waals surface area contributed by atoms with Crippen LogP contribution in [-0.2, 0) is 14.4 Å². The highest BCUT2D eigenvalue weighted by Crippen LogP contribution is 2.03. The second kappa shape index (κ2) is 5.77. The molecule has 0 spiro atoms. The second-order valence-corrected chi connectivity index (χ2v) is 3.45. The molecular formula is C7H11NO3S. The summed E-state index contributed by atoms with van der Waals surface area (Å²) in [5.41, 5.74) is 0. The standard InChI is InChI=1S/C7H11NO3S/c1-5(10)7(8-4-9)3-12-6(2)11/h4,7H,3H2,1-2H3,(H,8,9). The average molecular weight is 189 g/mol. The molecule has 0 rings (SSSR count). The van der Waals surface area contributed by atoms with Crippen LogP contribution in [0.4, 0.5) is 0 Å². The van der Waals surface area contributed by atoms with Crippen LogP contribution in [0.5, 0.6) is 0 Å². The van der Waals surface area contributed by atoms with E-state index in [0.29, 0.717) is 12.2 Å². The summed E-state index contributed by atoms with van der Waals surface area (Å²) in [4.78, 5) is 31.3. The maximum atomic E-state index is 10.8. The molecule has 0 aromatic heterocycles. The van der Waals surface area contributed by atoms with E-state index in [4.69, 9.17) is 0 Å². The van der Waals surface area contributed by atoms with Gasteiger partial charge in [-0.15, -0.1) is 0 Å². The van der Waals surface area contributed by atoms with Gasteiger partial charge in [0, 0.05) is 12.7 Å². The van der Waals surface area contributed by atoms with Crippen LogP contribution in [0.15, 0.2) is 0 Å². The van der Waals surface area contributed by atoms with Gasteiger partial charge in [0.15, 0.2) is 10.9 Å². The zero-order valence-electron chi connectivity index (χ0n) is 6.99. The highest BCUT2D eigenvalue weighted by molar-refractivity contribution is 8.13. The van der Waals surface area contributed by atoms with Crippen molar-refractivity contribution in [2.24, 2.45) is 0 Å². The van der Waals surface area contributed by atoms with Crippen molar-refractivity contribution in [1.82, 2.24) is 5.32 Å². The zero-order chi connectivity index (χ0) is 9.56. The molecule has 0 saturated carbocycles. The van der Waals surface area contributed by atoms with E-state index >= 15 is 0 Å². The molecule has 0 aliphatic rings. The minimum Gasteiger partial charge on any atom is -0.348 e. The predicted octanol–water partition coefficient (Wildman–Crippen LogP) is -0.0303. The van der Waals surface area contributed by atoms with E-state index in [9.17, 15) is 14.4 Å². The van der Waals surface area contributed by atoms with Crippen molar-refractivity contribution < 1.29 is 14.4 Å². The summed E-state index contributed by atoms with van der Waals surface area (Å²) in [6, 6.07) is -0.545.